The predicted molar refractivity (Wildman–Crippen MR) is 233 cm³/mol. The number of carbonyl (C=O) groups excluding carboxylic acids is 1. The molecule has 0 amide bonds. The first-order chi connectivity index (χ1) is 25.5. The standard InChI is InChI=1S/C37H40NSi.C13H24O2.Ir/c1-35(2,3)28-15-13-24(14-16-28)31-23-26-17-18-38-33(34(26)39(31)19-8-9-20-39)27-21-25-11-10-12-29-32(25)30(22-27)37(6,7)36(29,4)5;1-5-10(6-2)12(14)9-13(15)11(7-3)8-4;/h10-18,22-23H,8-9,19-20H2,1-7H3;9-11,14H,5-8H2,1-4H3;/q-1;;/b;12-9-;. The summed E-state index contributed by atoms with van der Waals surface area (Å²) < 4.78 is 0. The van der Waals surface area contributed by atoms with Crippen LogP contribution in [0.4, 0.5) is 0 Å². The van der Waals surface area contributed by atoms with E-state index in [1.54, 1.807) is 10.4 Å². The van der Waals surface area contributed by atoms with Gasteiger partial charge in [-0.25, -0.2) is 0 Å². The van der Waals surface area contributed by atoms with Crippen molar-refractivity contribution in [3.8, 4) is 11.3 Å². The van der Waals surface area contributed by atoms with Gasteiger partial charge in [-0.15, -0.1) is 23.6 Å². The van der Waals surface area contributed by atoms with Gasteiger partial charge in [0.15, 0.2) is 5.78 Å². The second-order valence-electron chi connectivity index (χ2n) is 18.4. The molecule has 3 heterocycles. The minimum Gasteiger partial charge on any atom is -0.512 e. The van der Waals surface area contributed by atoms with Gasteiger partial charge in [0.1, 0.15) is 8.07 Å². The molecule has 1 saturated heterocycles. The van der Waals surface area contributed by atoms with Crippen LogP contribution in [0.5, 0.6) is 0 Å². The Morgan fingerprint density at radius 2 is 1.47 bits per heavy atom. The number of rotatable bonds is 9. The van der Waals surface area contributed by atoms with Crippen LogP contribution in [0.2, 0.25) is 12.1 Å². The van der Waals surface area contributed by atoms with Gasteiger partial charge in [-0.05, 0) is 82.0 Å². The summed E-state index contributed by atoms with van der Waals surface area (Å²) in [5, 5.41) is 15.6. The molecule has 1 spiro atoms. The molecular formula is C50H64IrNO2Si-. The van der Waals surface area contributed by atoms with Gasteiger partial charge in [-0.2, -0.15) is 0 Å². The Hall–Kier alpha value is -3.11. The smallest absolute Gasteiger partial charge is 0.162 e. The number of allylic oxidation sites excluding steroid dienone is 2. The van der Waals surface area contributed by atoms with Crippen molar-refractivity contribution < 1.29 is 30.0 Å². The summed E-state index contributed by atoms with van der Waals surface area (Å²) in [6.07, 6.45) is 12.1. The van der Waals surface area contributed by atoms with Crippen LogP contribution in [0.3, 0.4) is 0 Å². The van der Waals surface area contributed by atoms with Crippen LogP contribution in [0.15, 0.2) is 72.6 Å². The van der Waals surface area contributed by atoms with Gasteiger partial charge in [0, 0.05) is 49.9 Å². The first-order valence-corrected chi connectivity index (χ1v) is 23.2. The number of hydrogen-bond donors (Lipinski definition) is 1. The summed E-state index contributed by atoms with van der Waals surface area (Å²) in [6.45, 7) is 24.6. The number of aliphatic hydroxyl groups excluding tert-OH is 1. The second-order valence-corrected chi connectivity index (χ2v) is 22.6. The van der Waals surface area contributed by atoms with E-state index in [1.165, 1.54) is 80.9 Å². The van der Waals surface area contributed by atoms with E-state index in [4.69, 9.17) is 4.98 Å². The third-order valence-electron chi connectivity index (χ3n) is 13.9. The van der Waals surface area contributed by atoms with Crippen LogP contribution in [-0.4, -0.2) is 23.9 Å². The number of fused-ring (bicyclic) bond motifs is 2. The van der Waals surface area contributed by atoms with Crippen molar-refractivity contribution in [3.63, 3.8) is 0 Å². The number of aromatic nitrogens is 1. The van der Waals surface area contributed by atoms with E-state index < -0.39 is 8.07 Å². The fraction of sp³-hybridized carbons (Fsp3) is 0.480. The molecule has 5 heteroatoms. The van der Waals surface area contributed by atoms with Crippen molar-refractivity contribution >= 4 is 41.1 Å². The molecule has 295 valence electrons. The van der Waals surface area contributed by atoms with E-state index in [-0.39, 0.29) is 59.7 Å². The Bertz CT molecular complexity index is 2080. The first kappa shape index (κ1) is 43.0. The second kappa shape index (κ2) is 16.4. The van der Waals surface area contributed by atoms with Crippen molar-refractivity contribution in [1.29, 1.82) is 0 Å². The maximum Gasteiger partial charge on any atom is 0.162 e. The molecule has 0 saturated carbocycles. The Labute approximate surface area is 346 Å². The molecule has 0 bridgehead atoms. The van der Waals surface area contributed by atoms with E-state index in [2.05, 4.69) is 115 Å². The summed E-state index contributed by atoms with van der Waals surface area (Å²) in [6, 6.07) is 27.6. The van der Waals surface area contributed by atoms with Crippen molar-refractivity contribution in [1.82, 2.24) is 4.98 Å². The Morgan fingerprint density at radius 1 is 0.873 bits per heavy atom. The number of carbonyl (C=O) groups is 1. The van der Waals surface area contributed by atoms with Crippen LogP contribution >= 0.6 is 0 Å². The van der Waals surface area contributed by atoms with Crippen LogP contribution in [0.1, 0.15) is 143 Å². The van der Waals surface area contributed by atoms with Crippen LogP contribution < -0.4 is 5.19 Å². The van der Waals surface area contributed by atoms with Crippen LogP contribution in [0, 0.1) is 17.9 Å². The molecule has 0 unspecified atom stereocenters. The maximum absolute atomic E-state index is 11.7. The van der Waals surface area contributed by atoms with Gasteiger partial charge in [-0.3, -0.25) is 9.78 Å². The van der Waals surface area contributed by atoms with Gasteiger partial charge in [0.25, 0.3) is 0 Å². The topological polar surface area (TPSA) is 50.2 Å². The normalized spacial score (nSPS) is 17.6. The quantitative estimate of drug-likeness (QED) is 0.0787. The molecule has 1 aromatic heterocycles. The SMILES string of the molecule is CC(C)(C)c1ccc(C2=Cc3ccnc(-c4[c-]c5cccc6c5c(c4)C(C)(C)C6(C)C)c3[Si]23CCCC3)cc1.CCC(CC)C(=O)/C=C(\O)C(CC)CC.[Ir]. The van der Waals surface area contributed by atoms with E-state index in [9.17, 15) is 9.90 Å². The van der Waals surface area contributed by atoms with Crippen LogP contribution in [0.25, 0.3) is 33.3 Å². The number of pyridine rings is 1. The molecule has 3 nitrogen and oxygen atoms in total. The zero-order valence-corrected chi connectivity index (χ0v) is 38.8. The average molecular weight is 931 g/mol. The third kappa shape index (κ3) is 7.55. The zero-order chi connectivity index (χ0) is 39.2. The molecule has 3 aliphatic rings. The van der Waals surface area contributed by atoms with Gasteiger partial charge in [0.2, 0.25) is 0 Å². The molecule has 0 atom stereocenters. The largest absolute Gasteiger partial charge is 0.512 e. The Balaban J connectivity index is 0.000000311. The molecule has 1 N–H and O–H groups in total. The summed E-state index contributed by atoms with van der Waals surface area (Å²) in [4.78, 5) is 16.9. The fourth-order valence-corrected chi connectivity index (χ4v) is 15.5. The Morgan fingerprint density at radius 3 is 2.05 bits per heavy atom. The summed E-state index contributed by atoms with van der Waals surface area (Å²) in [5.74, 6) is 0.547. The van der Waals surface area contributed by atoms with E-state index in [1.807, 2.05) is 33.9 Å². The van der Waals surface area contributed by atoms with Gasteiger partial charge >= 0.3 is 0 Å². The molecule has 1 aliphatic carbocycles. The van der Waals surface area contributed by atoms with E-state index >= 15 is 0 Å². The molecule has 1 fully saturated rings. The number of aliphatic hydroxyl groups is 1. The minimum atomic E-state index is -1.92. The predicted octanol–water partition coefficient (Wildman–Crippen LogP) is 13.0. The molecule has 3 aromatic carbocycles. The Kier molecular flexibility index (Phi) is 12.8. The van der Waals surface area contributed by atoms with Gasteiger partial charge in [-0.1, -0.05) is 159 Å². The molecule has 1 radical (unpaired) electrons. The number of hydrogen-bond acceptors (Lipinski definition) is 3. The number of nitrogens with zero attached hydrogens (tertiary/aromatic N) is 1. The molecule has 7 rings (SSSR count). The van der Waals surface area contributed by atoms with Crippen molar-refractivity contribution in [3.05, 3.63) is 107 Å². The van der Waals surface area contributed by atoms with Gasteiger partial charge in [0.05, 0.1) is 5.76 Å². The van der Waals surface area contributed by atoms with Crippen molar-refractivity contribution in [2.45, 2.75) is 143 Å². The maximum atomic E-state index is 11.7. The molecule has 2 aliphatic heterocycles. The van der Waals surface area contributed by atoms with E-state index in [0.29, 0.717) is 0 Å². The average Bonchev–Trinajstić information content (AvgIpc) is 3.80. The van der Waals surface area contributed by atoms with E-state index in [0.717, 1.165) is 25.7 Å². The summed E-state index contributed by atoms with van der Waals surface area (Å²) in [5.41, 5.74) is 9.81. The molecule has 4 aromatic rings. The molecular weight excluding hydrogens is 867 g/mol. The number of ketones is 1. The first-order valence-electron chi connectivity index (χ1n) is 20.8. The zero-order valence-electron chi connectivity index (χ0n) is 35.4. The third-order valence-corrected chi connectivity index (χ3v) is 19.3. The minimum absolute atomic E-state index is 0. The summed E-state index contributed by atoms with van der Waals surface area (Å²) in [7, 11) is -1.92. The fourth-order valence-electron chi connectivity index (χ4n) is 9.68. The van der Waals surface area contributed by atoms with Crippen molar-refractivity contribution in [2.75, 3.05) is 0 Å². The molecule has 55 heavy (non-hydrogen) atoms. The number of benzene rings is 3. The summed E-state index contributed by atoms with van der Waals surface area (Å²) >= 11 is 0. The van der Waals surface area contributed by atoms with Crippen LogP contribution in [-0.2, 0) is 41.1 Å². The monoisotopic (exact) mass is 931 g/mol. The van der Waals surface area contributed by atoms with Gasteiger partial charge < -0.3 is 5.11 Å². The van der Waals surface area contributed by atoms with Crippen molar-refractivity contribution in [2.24, 2.45) is 11.8 Å².